The van der Waals surface area contributed by atoms with Gasteiger partial charge >= 0.3 is 5.97 Å². The van der Waals surface area contributed by atoms with Gasteiger partial charge in [-0.1, -0.05) is 13.3 Å². The molecule has 0 amide bonds. The summed E-state index contributed by atoms with van der Waals surface area (Å²) in [5.74, 6) is -0.546. The van der Waals surface area contributed by atoms with Crippen LogP contribution in [0.4, 0.5) is 0 Å². The van der Waals surface area contributed by atoms with Crippen molar-refractivity contribution in [1.29, 1.82) is 0 Å². The smallest absolute Gasteiger partial charge is 0.324 e. The Morgan fingerprint density at radius 1 is 1.56 bits per heavy atom. The van der Waals surface area contributed by atoms with Crippen molar-refractivity contribution in [2.45, 2.75) is 64.0 Å². The molecule has 1 fully saturated rings. The molecule has 0 bridgehead atoms. The van der Waals surface area contributed by atoms with Gasteiger partial charge in [0.1, 0.15) is 5.54 Å². The molecule has 1 aliphatic rings. The lowest BCUT2D eigenvalue weighted by Crippen LogP contribution is -2.53. The third kappa shape index (κ3) is 3.23. The van der Waals surface area contributed by atoms with Crippen LogP contribution in [-0.2, 0) is 9.53 Å². The SMILES string of the molecule is CCC(C)(C)OCCC1CCCC1(NC)C(=O)O. The first-order chi connectivity index (χ1) is 8.38. The molecule has 106 valence electrons. The van der Waals surface area contributed by atoms with Gasteiger partial charge in [-0.3, -0.25) is 4.79 Å². The lowest BCUT2D eigenvalue weighted by molar-refractivity contribution is -0.146. The van der Waals surface area contributed by atoms with Gasteiger partial charge in [-0.15, -0.1) is 0 Å². The van der Waals surface area contributed by atoms with Crippen LogP contribution in [-0.4, -0.2) is 35.9 Å². The zero-order valence-electron chi connectivity index (χ0n) is 12.1. The summed E-state index contributed by atoms with van der Waals surface area (Å²) in [6, 6.07) is 0. The predicted molar refractivity (Wildman–Crippen MR) is 71.7 cm³/mol. The van der Waals surface area contributed by atoms with Gasteiger partial charge in [0.2, 0.25) is 0 Å². The summed E-state index contributed by atoms with van der Waals surface area (Å²) in [7, 11) is 1.75. The number of rotatable bonds is 7. The Bertz CT molecular complexity index is 291. The van der Waals surface area contributed by atoms with E-state index in [1.54, 1.807) is 7.05 Å². The second-order valence-electron chi connectivity index (χ2n) is 5.87. The monoisotopic (exact) mass is 257 g/mol. The number of nitrogens with one attached hydrogen (secondary N) is 1. The van der Waals surface area contributed by atoms with E-state index in [4.69, 9.17) is 4.74 Å². The minimum Gasteiger partial charge on any atom is -0.480 e. The van der Waals surface area contributed by atoms with Crippen molar-refractivity contribution in [1.82, 2.24) is 5.32 Å². The van der Waals surface area contributed by atoms with Crippen LogP contribution in [0.25, 0.3) is 0 Å². The maximum absolute atomic E-state index is 11.5. The Labute approximate surface area is 110 Å². The van der Waals surface area contributed by atoms with Crippen molar-refractivity contribution in [3.63, 3.8) is 0 Å². The Hall–Kier alpha value is -0.610. The Morgan fingerprint density at radius 2 is 2.22 bits per heavy atom. The quantitative estimate of drug-likeness (QED) is 0.735. The number of carboxylic acid groups (broad SMARTS) is 1. The van der Waals surface area contributed by atoms with Gasteiger partial charge in [0.05, 0.1) is 5.60 Å². The van der Waals surface area contributed by atoms with Crippen molar-refractivity contribution < 1.29 is 14.6 Å². The summed E-state index contributed by atoms with van der Waals surface area (Å²) in [4.78, 5) is 11.5. The van der Waals surface area contributed by atoms with E-state index in [9.17, 15) is 9.90 Å². The number of likely N-dealkylation sites (N-methyl/N-ethyl adjacent to an activating group) is 1. The van der Waals surface area contributed by atoms with E-state index in [0.717, 1.165) is 32.1 Å². The lowest BCUT2D eigenvalue weighted by atomic mass is 9.85. The van der Waals surface area contributed by atoms with Crippen LogP contribution in [0.1, 0.15) is 52.9 Å². The van der Waals surface area contributed by atoms with Gasteiger partial charge in [-0.25, -0.2) is 0 Å². The van der Waals surface area contributed by atoms with Crippen LogP contribution < -0.4 is 5.32 Å². The topological polar surface area (TPSA) is 58.6 Å². The molecule has 2 atom stereocenters. The molecule has 1 aliphatic carbocycles. The van der Waals surface area contributed by atoms with Crippen LogP contribution in [0.5, 0.6) is 0 Å². The molecule has 0 aromatic heterocycles. The van der Waals surface area contributed by atoms with E-state index in [1.807, 2.05) is 0 Å². The molecule has 0 aromatic rings. The Morgan fingerprint density at radius 3 is 2.72 bits per heavy atom. The summed E-state index contributed by atoms with van der Waals surface area (Å²) in [6.45, 7) is 6.89. The highest BCUT2D eigenvalue weighted by Crippen LogP contribution is 2.38. The molecule has 0 radical (unpaired) electrons. The number of ether oxygens (including phenoxy) is 1. The predicted octanol–water partition coefficient (Wildman–Crippen LogP) is 2.42. The van der Waals surface area contributed by atoms with Gasteiger partial charge in [0.15, 0.2) is 0 Å². The van der Waals surface area contributed by atoms with E-state index in [0.29, 0.717) is 6.61 Å². The van der Waals surface area contributed by atoms with Crippen LogP contribution in [0, 0.1) is 5.92 Å². The summed E-state index contributed by atoms with van der Waals surface area (Å²) in [5, 5.41) is 12.5. The van der Waals surface area contributed by atoms with Crippen LogP contribution in [0.15, 0.2) is 0 Å². The number of carboxylic acids is 1. The number of hydrogen-bond acceptors (Lipinski definition) is 3. The summed E-state index contributed by atoms with van der Waals surface area (Å²) in [5.41, 5.74) is -0.843. The van der Waals surface area contributed by atoms with Crippen LogP contribution in [0.3, 0.4) is 0 Å². The van der Waals surface area contributed by atoms with Crippen molar-refractivity contribution in [2.75, 3.05) is 13.7 Å². The van der Waals surface area contributed by atoms with Crippen molar-refractivity contribution in [3.8, 4) is 0 Å². The zero-order valence-corrected chi connectivity index (χ0v) is 12.1. The Balaban J connectivity index is 2.53. The molecule has 1 saturated carbocycles. The molecule has 0 spiro atoms. The largest absolute Gasteiger partial charge is 0.480 e. The fourth-order valence-electron chi connectivity index (χ4n) is 2.77. The molecular formula is C14H27NO3. The highest BCUT2D eigenvalue weighted by atomic mass is 16.5. The number of carbonyl (C=O) groups is 1. The average molecular weight is 257 g/mol. The first kappa shape index (κ1) is 15.4. The van der Waals surface area contributed by atoms with Gasteiger partial charge in [-0.05, 0) is 52.5 Å². The maximum atomic E-state index is 11.5. The molecular weight excluding hydrogens is 230 g/mol. The van der Waals surface area contributed by atoms with E-state index in [1.165, 1.54) is 0 Å². The fourth-order valence-corrected chi connectivity index (χ4v) is 2.77. The maximum Gasteiger partial charge on any atom is 0.324 e. The molecule has 4 nitrogen and oxygen atoms in total. The van der Waals surface area contributed by atoms with Crippen molar-refractivity contribution in [3.05, 3.63) is 0 Å². The van der Waals surface area contributed by atoms with Gasteiger partial charge in [0.25, 0.3) is 0 Å². The average Bonchev–Trinajstić information content (AvgIpc) is 2.73. The molecule has 2 N–H and O–H groups in total. The third-order valence-corrected chi connectivity index (χ3v) is 4.46. The molecule has 2 unspecified atom stereocenters. The minimum atomic E-state index is -0.736. The summed E-state index contributed by atoms with van der Waals surface area (Å²) < 4.78 is 5.84. The third-order valence-electron chi connectivity index (χ3n) is 4.46. The minimum absolute atomic E-state index is 0.107. The number of aliphatic carboxylic acids is 1. The molecule has 0 heterocycles. The normalized spacial score (nSPS) is 28.6. The molecule has 1 rings (SSSR count). The number of hydrogen-bond donors (Lipinski definition) is 2. The van der Waals surface area contributed by atoms with Gasteiger partial charge < -0.3 is 15.2 Å². The molecule has 18 heavy (non-hydrogen) atoms. The van der Waals surface area contributed by atoms with Crippen molar-refractivity contribution >= 4 is 5.97 Å². The second kappa shape index (κ2) is 6.02. The fraction of sp³-hybridized carbons (Fsp3) is 0.929. The molecule has 0 aromatic carbocycles. The second-order valence-corrected chi connectivity index (χ2v) is 5.87. The van der Waals surface area contributed by atoms with Crippen molar-refractivity contribution in [2.24, 2.45) is 5.92 Å². The van der Waals surface area contributed by atoms with E-state index in [-0.39, 0.29) is 11.5 Å². The van der Waals surface area contributed by atoms with E-state index < -0.39 is 11.5 Å². The first-order valence-corrected chi connectivity index (χ1v) is 6.94. The Kier molecular flexibility index (Phi) is 5.17. The van der Waals surface area contributed by atoms with Gasteiger partial charge in [0, 0.05) is 6.61 Å². The zero-order chi connectivity index (χ0) is 13.8. The summed E-state index contributed by atoms with van der Waals surface area (Å²) >= 11 is 0. The lowest BCUT2D eigenvalue weighted by Gasteiger charge is -2.32. The molecule has 0 saturated heterocycles. The van der Waals surface area contributed by atoms with E-state index in [2.05, 4.69) is 26.1 Å². The van der Waals surface area contributed by atoms with Crippen LogP contribution in [0.2, 0.25) is 0 Å². The standard InChI is InChI=1S/C14H27NO3/c1-5-13(2,3)18-10-8-11-7-6-9-14(11,15-4)12(16)17/h11,15H,5-10H2,1-4H3,(H,16,17). The molecule has 0 aliphatic heterocycles. The summed E-state index contributed by atoms with van der Waals surface area (Å²) in [6.07, 6.45) is 4.46. The first-order valence-electron chi connectivity index (χ1n) is 6.94. The highest BCUT2D eigenvalue weighted by molar-refractivity contribution is 5.79. The van der Waals surface area contributed by atoms with E-state index >= 15 is 0 Å². The van der Waals surface area contributed by atoms with Gasteiger partial charge in [-0.2, -0.15) is 0 Å². The molecule has 4 heteroatoms. The van der Waals surface area contributed by atoms with Crippen LogP contribution >= 0.6 is 0 Å². The highest BCUT2D eigenvalue weighted by Gasteiger charge is 2.47.